The summed E-state index contributed by atoms with van der Waals surface area (Å²) in [6, 6.07) is 15.0. The molecule has 0 spiro atoms. The summed E-state index contributed by atoms with van der Waals surface area (Å²) in [6.45, 7) is 0.308. The van der Waals surface area contributed by atoms with E-state index in [1.807, 2.05) is 42.5 Å². The monoisotopic (exact) mass is 285 g/mol. The van der Waals surface area contributed by atoms with Crippen molar-refractivity contribution in [2.75, 3.05) is 0 Å². The fourth-order valence-corrected chi connectivity index (χ4v) is 2.08. The van der Waals surface area contributed by atoms with E-state index in [9.17, 15) is 0 Å². The highest BCUT2D eigenvalue weighted by Gasteiger charge is 2.11. The molecule has 5 nitrogen and oxygen atoms in total. The number of hydrogen-bond donors (Lipinski definition) is 0. The van der Waals surface area contributed by atoms with Gasteiger partial charge in [0.25, 0.3) is 0 Å². The van der Waals surface area contributed by atoms with Crippen LogP contribution in [0.5, 0.6) is 16.7 Å². The van der Waals surface area contributed by atoms with Gasteiger partial charge in [-0.25, -0.2) is 4.98 Å². The Hall–Kier alpha value is -2.47. The maximum atomic E-state index is 5.64. The van der Waals surface area contributed by atoms with Gasteiger partial charge in [-0.3, -0.25) is 0 Å². The number of aromatic nitrogens is 3. The topological polar surface area (TPSA) is 57.1 Å². The molecule has 3 rings (SSSR count). The summed E-state index contributed by atoms with van der Waals surface area (Å²) in [5.74, 6) is 1.30. The minimum absolute atomic E-state index is 0.308. The summed E-state index contributed by atoms with van der Waals surface area (Å²) >= 11 is 1.18. The molecule has 6 heteroatoms. The molecule has 0 atom stereocenters. The summed E-state index contributed by atoms with van der Waals surface area (Å²) in [5, 5.41) is 4.62. The van der Waals surface area contributed by atoms with Crippen molar-refractivity contribution in [1.29, 1.82) is 0 Å². The Balaban J connectivity index is 1.68. The van der Waals surface area contributed by atoms with Crippen molar-refractivity contribution in [3.8, 4) is 16.7 Å². The average Bonchev–Trinajstić information content (AvgIpc) is 2.94. The molecule has 2 heterocycles. The molecule has 2 aromatic heterocycles. The first-order valence-electron chi connectivity index (χ1n) is 6.00. The van der Waals surface area contributed by atoms with Gasteiger partial charge in [0.2, 0.25) is 10.9 Å². The largest absolute Gasteiger partial charge is 0.487 e. The van der Waals surface area contributed by atoms with Crippen LogP contribution in [0, 0.1) is 0 Å². The van der Waals surface area contributed by atoms with Gasteiger partial charge in [0.05, 0.1) is 0 Å². The van der Waals surface area contributed by atoms with Crippen LogP contribution in [0.25, 0.3) is 0 Å². The third-order valence-electron chi connectivity index (χ3n) is 2.47. The molecule has 0 saturated carbocycles. The summed E-state index contributed by atoms with van der Waals surface area (Å²) in [7, 11) is 0. The highest BCUT2D eigenvalue weighted by atomic mass is 32.1. The molecule has 0 aliphatic rings. The minimum Gasteiger partial charge on any atom is -0.487 e. The molecule has 0 radical (unpaired) electrons. The van der Waals surface area contributed by atoms with Crippen LogP contribution < -0.4 is 9.47 Å². The quantitative estimate of drug-likeness (QED) is 0.720. The zero-order valence-electron chi connectivity index (χ0n) is 10.5. The second-order valence-corrected chi connectivity index (χ2v) is 4.60. The van der Waals surface area contributed by atoms with E-state index < -0.39 is 0 Å². The van der Waals surface area contributed by atoms with Crippen LogP contribution in [-0.4, -0.2) is 14.6 Å². The van der Waals surface area contributed by atoms with E-state index >= 15 is 0 Å². The van der Waals surface area contributed by atoms with E-state index in [1.54, 1.807) is 12.3 Å². The number of hydrogen-bond acceptors (Lipinski definition) is 6. The van der Waals surface area contributed by atoms with Crippen LogP contribution in [0.2, 0.25) is 0 Å². The second-order valence-electron chi connectivity index (χ2n) is 3.88. The molecule has 1 aromatic carbocycles. The smallest absolute Gasteiger partial charge is 0.229 e. The Bertz CT molecular complexity index is 658. The fourth-order valence-electron chi connectivity index (χ4n) is 1.54. The van der Waals surface area contributed by atoms with Crippen LogP contribution in [-0.2, 0) is 6.61 Å². The van der Waals surface area contributed by atoms with Gasteiger partial charge >= 0.3 is 0 Å². The van der Waals surface area contributed by atoms with Gasteiger partial charge < -0.3 is 9.47 Å². The van der Waals surface area contributed by atoms with E-state index in [0.717, 1.165) is 5.75 Å². The van der Waals surface area contributed by atoms with Gasteiger partial charge in [-0.2, -0.15) is 0 Å². The summed E-state index contributed by atoms with van der Waals surface area (Å²) in [6.07, 6.45) is 1.67. The van der Waals surface area contributed by atoms with Crippen molar-refractivity contribution in [2.24, 2.45) is 0 Å². The van der Waals surface area contributed by atoms with Gasteiger partial charge in [0.15, 0.2) is 5.69 Å². The van der Waals surface area contributed by atoms with Gasteiger partial charge in [0, 0.05) is 23.8 Å². The number of nitrogens with zero attached hydrogens (tertiary/aromatic N) is 3. The normalized spacial score (nSPS) is 10.2. The van der Waals surface area contributed by atoms with E-state index in [0.29, 0.717) is 23.2 Å². The molecule has 0 aliphatic heterocycles. The lowest BCUT2D eigenvalue weighted by Crippen LogP contribution is -1.98. The zero-order valence-corrected chi connectivity index (χ0v) is 11.3. The van der Waals surface area contributed by atoms with Gasteiger partial charge in [-0.1, -0.05) is 28.8 Å². The third kappa shape index (κ3) is 3.10. The predicted octanol–water partition coefficient (Wildman–Crippen LogP) is 3.30. The highest BCUT2D eigenvalue weighted by Crippen LogP contribution is 2.27. The lowest BCUT2D eigenvalue weighted by atomic mass is 10.3. The van der Waals surface area contributed by atoms with Gasteiger partial charge in [-0.15, -0.1) is 5.10 Å². The molecule has 3 aromatic rings. The number of benzene rings is 1. The summed E-state index contributed by atoms with van der Waals surface area (Å²) in [4.78, 5) is 4.10. The molecular weight excluding hydrogens is 274 g/mol. The lowest BCUT2D eigenvalue weighted by molar-refractivity contribution is 0.295. The van der Waals surface area contributed by atoms with Crippen LogP contribution in [0.4, 0.5) is 0 Å². The maximum absolute atomic E-state index is 5.64. The molecule has 0 amide bonds. The zero-order chi connectivity index (χ0) is 13.6. The standard InChI is InChI=1S/C14H11N3O2S/c1-2-6-11(7-3-1)18-10-12-14(20-17-16-12)19-13-8-4-5-9-15-13/h1-9H,10H2. The third-order valence-corrected chi connectivity index (χ3v) is 3.12. The molecule has 0 saturated heterocycles. The Morgan fingerprint density at radius 3 is 2.65 bits per heavy atom. The molecule has 20 heavy (non-hydrogen) atoms. The van der Waals surface area contributed by atoms with Gasteiger partial charge in [-0.05, 0) is 18.2 Å². The van der Waals surface area contributed by atoms with Crippen molar-refractivity contribution in [3.05, 3.63) is 60.4 Å². The average molecular weight is 285 g/mol. The van der Waals surface area contributed by atoms with E-state index in [2.05, 4.69) is 14.6 Å². The van der Waals surface area contributed by atoms with E-state index in [1.165, 1.54) is 11.5 Å². The van der Waals surface area contributed by atoms with Crippen molar-refractivity contribution in [1.82, 2.24) is 14.6 Å². The van der Waals surface area contributed by atoms with Crippen molar-refractivity contribution in [3.63, 3.8) is 0 Å². The first kappa shape index (κ1) is 12.6. The molecular formula is C14H11N3O2S. The van der Waals surface area contributed by atoms with E-state index in [-0.39, 0.29) is 0 Å². The first-order chi connectivity index (χ1) is 9.92. The highest BCUT2D eigenvalue weighted by molar-refractivity contribution is 7.07. The maximum Gasteiger partial charge on any atom is 0.229 e. The van der Waals surface area contributed by atoms with Crippen molar-refractivity contribution in [2.45, 2.75) is 6.61 Å². The molecule has 0 bridgehead atoms. The summed E-state index contributed by atoms with van der Waals surface area (Å²) in [5.41, 5.74) is 0.657. The molecule has 0 fully saturated rings. The first-order valence-corrected chi connectivity index (χ1v) is 6.77. The van der Waals surface area contributed by atoms with Crippen LogP contribution in [0.15, 0.2) is 54.7 Å². The van der Waals surface area contributed by atoms with Crippen LogP contribution >= 0.6 is 11.5 Å². The Morgan fingerprint density at radius 1 is 1.00 bits per heavy atom. The van der Waals surface area contributed by atoms with Crippen molar-refractivity contribution >= 4 is 11.5 Å². The minimum atomic E-state index is 0.308. The SMILES string of the molecule is c1ccc(OCc2nnsc2Oc2ccccn2)cc1. The molecule has 0 unspecified atom stereocenters. The van der Waals surface area contributed by atoms with Crippen molar-refractivity contribution < 1.29 is 9.47 Å². The number of pyridine rings is 1. The second kappa shape index (κ2) is 6.12. The van der Waals surface area contributed by atoms with Gasteiger partial charge in [0.1, 0.15) is 12.4 Å². The number of ether oxygens (including phenoxy) is 2. The number of para-hydroxylation sites is 1. The Labute approximate surface area is 120 Å². The Kier molecular flexibility index (Phi) is 3.84. The Morgan fingerprint density at radius 2 is 1.85 bits per heavy atom. The van der Waals surface area contributed by atoms with Crippen LogP contribution in [0.3, 0.4) is 0 Å². The molecule has 100 valence electrons. The fraction of sp³-hybridized carbons (Fsp3) is 0.0714. The lowest BCUT2D eigenvalue weighted by Gasteiger charge is -2.05. The van der Waals surface area contributed by atoms with E-state index in [4.69, 9.17) is 9.47 Å². The predicted molar refractivity (Wildman–Crippen MR) is 75.0 cm³/mol. The van der Waals surface area contributed by atoms with Crippen LogP contribution in [0.1, 0.15) is 5.69 Å². The molecule has 0 aliphatic carbocycles. The summed E-state index contributed by atoms with van der Waals surface area (Å²) < 4.78 is 15.2. The number of rotatable bonds is 5. The molecule has 0 N–H and O–H groups in total.